The Morgan fingerprint density at radius 3 is 2.37 bits per heavy atom. The van der Waals surface area contributed by atoms with Gasteiger partial charge in [-0.25, -0.2) is 13.1 Å². The maximum atomic E-state index is 12.7. The van der Waals surface area contributed by atoms with Crippen molar-refractivity contribution < 1.29 is 22.6 Å². The molecule has 0 bridgehead atoms. The summed E-state index contributed by atoms with van der Waals surface area (Å²) in [5.74, 6) is 1.76. The molecule has 146 valence electrons. The lowest BCUT2D eigenvalue weighted by atomic mass is 10.1. The predicted octanol–water partition coefficient (Wildman–Crippen LogP) is 2.05. The fourth-order valence-corrected chi connectivity index (χ4v) is 3.94. The van der Waals surface area contributed by atoms with Crippen molar-refractivity contribution in [1.29, 1.82) is 0 Å². The van der Waals surface area contributed by atoms with Crippen molar-refractivity contribution in [2.45, 2.75) is 10.9 Å². The van der Waals surface area contributed by atoms with Gasteiger partial charge in [-0.1, -0.05) is 12.1 Å². The van der Waals surface area contributed by atoms with E-state index in [1.807, 2.05) is 43.3 Å². The van der Waals surface area contributed by atoms with Crippen molar-refractivity contribution in [1.82, 2.24) is 9.62 Å². The third-order valence-electron chi connectivity index (χ3n) is 4.41. The van der Waals surface area contributed by atoms with Crippen LogP contribution in [0, 0.1) is 0 Å². The first-order valence-electron chi connectivity index (χ1n) is 8.60. The fraction of sp³-hybridized carbons (Fsp3) is 0.368. The molecule has 1 atom stereocenters. The van der Waals surface area contributed by atoms with Crippen LogP contribution in [0.4, 0.5) is 0 Å². The van der Waals surface area contributed by atoms with E-state index in [2.05, 4.69) is 4.72 Å². The highest BCUT2D eigenvalue weighted by molar-refractivity contribution is 7.89. The summed E-state index contributed by atoms with van der Waals surface area (Å²) >= 11 is 0. The highest BCUT2D eigenvalue weighted by Crippen LogP contribution is 2.32. The van der Waals surface area contributed by atoms with Gasteiger partial charge in [0.2, 0.25) is 10.0 Å². The SMILES string of the molecule is COc1ccc([C@@H](CNS(=O)(=O)c2ccc3c(c2)OCCO3)N(C)C)cc1. The molecule has 0 radical (unpaired) electrons. The van der Waals surface area contributed by atoms with Crippen molar-refractivity contribution in [3.63, 3.8) is 0 Å². The molecule has 1 heterocycles. The predicted molar refractivity (Wildman–Crippen MR) is 102 cm³/mol. The molecular formula is C19H24N2O5S. The molecule has 8 heteroatoms. The number of sulfonamides is 1. The van der Waals surface area contributed by atoms with E-state index in [0.29, 0.717) is 24.7 Å². The zero-order valence-electron chi connectivity index (χ0n) is 15.6. The molecule has 27 heavy (non-hydrogen) atoms. The van der Waals surface area contributed by atoms with Gasteiger partial charge in [-0.3, -0.25) is 0 Å². The van der Waals surface area contributed by atoms with Gasteiger partial charge in [-0.2, -0.15) is 0 Å². The number of methoxy groups -OCH3 is 1. The van der Waals surface area contributed by atoms with Crippen LogP contribution >= 0.6 is 0 Å². The van der Waals surface area contributed by atoms with Gasteiger partial charge in [0.15, 0.2) is 11.5 Å². The molecule has 0 spiro atoms. The Morgan fingerprint density at radius 2 is 1.74 bits per heavy atom. The highest BCUT2D eigenvalue weighted by Gasteiger charge is 2.22. The Bertz CT molecular complexity index is 881. The Morgan fingerprint density at radius 1 is 1.07 bits per heavy atom. The van der Waals surface area contributed by atoms with E-state index in [1.165, 1.54) is 12.1 Å². The summed E-state index contributed by atoms with van der Waals surface area (Å²) < 4.78 is 44.3. The molecule has 0 saturated heterocycles. The van der Waals surface area contributed by atoms with E-state index in [1.54, 1.807) is 13.2 Å². The number of rotatable bonds is 7. The van der Waals surface area contributed by atoms with Crippen LogP contribution in [0.5, 0.6) is 17.2 Å². The number of nitrogens with zero attached hydrogens (tertiary/aromatic N) is 1. The molecule has 2 aromatic rings. The lowest BCUT2D eigenvalue weighted by Crippen LogP contribution is -2.34. The minimum absolute atomic E-state index is 0.122. The van der Waals surface area contributed by atoms with Crippen LogP contribution in [-0.2, 0) is 10.0 Å². The normalized spacial score (nSPS) is 14.8. The van der Waals surface area contributed by atoms with Crippen LogP contribution in [0.2, 0.25) is 0 Å². The summed E-state index contributed by atoms with van der Waals surface area (Å²) in [7, 11) is 1.75. The summed E-state index contributed by atoms with van der Waals surface area (Å²) in [6.07, 6.45) is 0. The van der Waals surface area contributed by atoms with Crippen LogP contribution in [0.1, 0.15) is 11.6 Å². The first-order valence-corrected chi connectivity index (χ1v) is 10.1. The summed E-state index contributed by atoms with van der Waals surface area (Å²) in [5, 5.41) is 0. The molecule has 0 aromatic heterocycles. The quantitative estimate of drug-likeness (QED) is 0.777. The average molecular weight is 392 g/mol. The maximum Gasteiger partial charge on any atom is 0.240 e. The van der Waals surface area contributed by atoms with Gasteiger partial charge >= 0.3 is 0 Å². The van der Waals surface area contributed by atoms with Crippen molar-refractivity contribution in [2.24, 2.45) is 0 Å². The third-order valence-corrected chi connectivity index (χ3v) is 5.84. The Balaban J connectivity index is 1.75. The minimum atomic E-state index is -3.68. The molecular weight excluding hydrogens is 368 g/mol. The first-order chi connectivity index (χ1) is 12.9. The molecule has 0 unspecified atom stereocenters. The minimum Gasteiger partial charge on any atom is -0.497 e. The van der Waals surface area contributed by atoms with E-state index < -0.39 is 10.0 Å². The van der Waals surface area contributed by atoms with Crippen LogP contribution in [-0.4, -0.2) is 54.3 Å². The lowest BCUT2D eigenvalue weighted by Gasteiger charge is -2.25. The number of hydrogen-bond acceptors (Lipinski definition) is 6. The molecule has 3 rings (SSSR count). The molecule has 7 nitrogen and oxygen atoms in total. The number of benzene rings is 2. The number of nitrogens with one attached hydrogen (secondary N) is 1. The second-order valence-corrected chi connectivity index (χ2v) is 8.18. The van der Waals surface area contributed by atoms with Gasteiger partial charge in [-0.05, 0) is 43.9 Å². The summed E-state index contributed by atoms with van der Waals surface area (Å²) in [5.41, 5.74) is 0.991. The van der Waals surface area contributed by atoms with Crippen LogP contribution in [0.25, 0.3) is 0 Å². The first kappa shape index (κ1) is 19.5. The number of fused-ring (bicyclic) bond motifs is 1. The van der Waals surface area contributed by atoms with Crippen LogP contribution in [0.15, 0.2) is 47.4 Å². The smallest absolute Gasteiger partial charge is 0.240 e. The summed E-state index contributed by atoms with van der Waals surface area (Å²) in [4.78, 5) is 2.12. The zero-order valence-corrected chi connectivity index (χ0v) is 16.5. The van der Waals surface area contributed by atoms with Crippen LogP contribution in [0.3, 0.4) is 0 Å². The van der Waals surface area contributed by atoms with Crippen molar-refractivity contribution in [3.05, 3.63) is 48.0 Å². The standard InChI is InChI=1S/C19H24N2O5S/c1-21(2)17(14-4-6-15(24-3)7-5-14)13-20-27(22,23)16-8-9-18-19(12-16)26-11-10-25-18/h4-9,12,17,20H,10-11,13H2,1-3H3/t17-/m1/s1. The van der Waals surface area contributed by atoms with Crippen molar-refractivity contribution in [3.8, 4) is 17.2 Å². The topological polar surface area (TPSA) is 77.1 Å². The molecule has 0 fully saturated rings. The molecule has 2 aromatic carbocycles. The maximum absolute atomic E-state index is 12.7. The van der Waals surface area contributed by atoms with E-state index >= 15 is 0 Å². The highest BCUT2D eigenvalue weighted by atomic mass is 32.2. The second kappa shape index (κ2) is 8.16. The molecule has 0 aliphatic carbocycles. The number of hydrogen-bond donors (Lipinski definition) is 1. The Kier molecular flexibility index (Phi) is 5.88. The molecule has 0 saturated carbocycles. The monoisotopic (exact) mass is 392 g/mol. The molecule has 0 amide bonds. The van der Waals surface area contributed by atoms with Gasteiger partial charge in [0.1, 0.15) is 19.0 Å². The van der Waals surface area contributed by atoms with E-state index in [-0.39, 0.29) is 17.5 Å². The van der Waals surface area contributed by atoms with Gasteiger partial charge < -0.3 is 19.1 Å². The van der Waals surface area contributed by atoms with E-state index in [4.69, 9.17) is 14.2 Å². The molecule has 1 aliphatic heterocycles. The average Bonchev–Trinajstić information content (AvgIpc) is 2.68. The van der Waals surface area contributed by atoms with E-state index in [0.717, 1.165) is 11.3 Å². The van der Waals surface area contributed by atoms with Crippen molar-refractivity contribution >= 4 is 10.0 Å². The van der Waals surface area contributed by atoms with Gasteiger partial charge in [0.25, 0.3) is 0 Å². The number of ether oxygens (including phenoxy) is 3. The fourth-order valence-electron chi connectivity index (χ4n) is 2.89. The molecule has 1 N–H and O–H groups in total. The van der Waals surface area contributed by atoms with Gasteiger partial charge in [-0.15, -0.1) is 0 Å². The zero-order chi connectivity index (χ0) is 19.4. The van der Waals surface area contributed by atoms with Crippen LogP contribution < -0.4 is 18.9 Å². The van der Waals surface area contributed by atoms with Gasteiger partial charge in [0, 0.05) is 18.7 Å². The summed E-state index contributed by atoms with van der Waals surface area (Å²) in [6, 6.07) is 12.1. The second-order valence-electron chi connectivity index (χ2n) is 6.41. The molecule has 1 aliphatic rings. The summed E-state index contributed by atoms with van der Waals surface area (Å²) in [6.45, 7) is 1.10. The Labute approximate surface area is 159 Å². The van der Waals surface area contributed by atoms with Crippen molar-refractivity contribution in [2.75, 3.05) is 41.0 Å². The van der Waals surface area contributed by atoms with Gasteiger partial charge in [0.05, 0.1) is 12.0 Å². The number of likely N-dealkylation sites (N-methyl/N-ethyl adjacent to an activating group) is 1. The Hall–Kier alpha value is -2.29. The lowest BCUT2D eigenvalue weighted by molar-refractivity contribution is 0.171. The third kappa shape index (κ3) is 4.52. The largest absolute Gasteiger partial charge is 0.497 e. The van der Waals surface area contributed by atoms with E-state index in [9.17, 15) is 8.42 Å².